The summed E-state index contributed by atoms with van der Waals surface area (Å²) in [6, 6.07) is 3.18. The summed E-state index contributed by atoms with van der Waals surface area (Å²) in [6.45, 7) is 3.85. The maximum Gasteiger partial charge on any atom is 0.254 e. The molecule has 1 fully saturated rings. The fourth-order valence-electron chi connectivity index (χ4n) is 1.96. The standard InChI is InChI=1S/C13H17ClN4O2/c1-2-3-15-11-7-9(6-10(14)17-11)13(20)18-5-4-16-12(19)8-18/h6-7H,2-5,8H2,1H3,(H,15,17)(H,16,19). The van der Waals surface area contributed by atoms with Gasteiger partial charge in [0.25, 0.3) is 5.91 Å². The zero-order chi connectivity index (χ0) is 14.5. The van der Waals surface area contributed by atoms with E-state index in [0.29, 0.717) is 24.5 Å². The van der Waals surface area contributed by atoms with Gasteiger partial charge in [-0.25, -0.2) is 4.98 Å². The van der Waals surface area contributed by atoms with Gasteiger partial charge in [-0.2, -0.15) is 0 Å². The van der Waals surface area contributed by atoms with Crippen LogP contribution >= 0.6 is 11.6 Å². The largest absolute Gasteiger partial charge is 0.370 e. The Balaban J connectivity index is 2.16. The van der Waals surface area contributed by atoms with Crippen LogP contribution in [0, 0.1) is 0 Å². The van der Waals surface area contributed by atoms with Crippen LogP contribution in [0.5, 0.6) is 0 Å². The molecule has 1 aliphatic heterocycles. The van der Waals surface area contributed by atoms with Crippen molar-refractivity contribution in [2.24, 2.45) is 0 Å². The lowest BCUT2D eigenvalue weighted by molar-refractivity contribution is -0.123. The first-order valence-corrected chi connectivity index (χ1v) is 6.95. The molecule has 108 valence electrons. The first-order chi connectivity index (χ1) is 9.60. The van der Waals surface area contributed by atoms with Crippen LogP contribution in [-0.4, -0.2) is 47.9 Å². The van der Waals surface area contributed by atoms with Gasteiger partial charge in [0.2, 0.25) is 5.91 Å². The van der Waals surface area contributed by atoms with E-state index in [1.165, 1.54) is 11.0 Å². The molecule has 0 spiro atoms. The monoisotopic (exact) mass is 296 g/mol. The molecule has 6 nitrogen and oxygen atoms in total. The number of carbonyl (C=O) groups excluding carboxylic acids is 2. The Morgan fingerprint density at radius 1 is 1.55 bits per heavy atom. The second-order valence-electron chi connectivity index (χ2n) is 4.57. The molecule has 2 N–H and O–H groups in total. The third-order valence-electron chi connectivity index (χ3n) is 2.92. The maximum atomic E-state index is 12.4. The first-order valence-electron chi connectivity index (χ1n) is 6.57. The summed E-state index contributed by atoms with van der Waals surface area (Å²) in [4.78, 5) is 29.3. The molecule has 7 heteroatoms. The number of carbonyl (C=O) groups is 2. The number of nitrogens with one attached hydrogen (secondary N) is 2. The summed E-state index contributed by atoms with van der Waals surface area (Å²) < 4.78 is 0. The van der Waals surface area contributed by atoms with Crippen molar-refractivity contribution in [1.82, 2.24) is 15.2 Å². The van der Waals surface area contributed by atoms with Crippen LogP contribution in [0.15, 0.2) is 12.1 Å². The Labute approximate surface area is 122 Å². The van der Waals surface area contributed by atoms with E-state index in [9.17, 15) is 9.59 Å². The average Bonchev–Trinajstić information content (AvgIpc) is 2.43. The van der Waals surface area contributed by atoms with Crippen molar-refractivity contribution in [2.75, 3.05) is 31.5 Å². The number of rotatable bonds is 4. The van der Waals surface area contributed by atoms with E-state index >= 15 is 0 Å². The number of aromatic nitrogens is 1. The predicted octanol–water partition coefficient (Wildman–Crippen LogP) is 1.13. The SMILES string of the molecule is CCCNc1cc(C(=O)N2CCNC(=O)C2)cc(Cl)n1. The minimum atomic E-state index is -0.205. The van der Waals surface area contributed by atoms with Gasteiger partial charge in [-0.15, -0.1) is 0 Å². The van der Waals surface area contributed by atoms with Gasteiger partial charge in [-0.05, 0) is 18.6 Å². The highest BCUT2D eigenvalue weighted by Gasteiger charge is 2.23. The van der Waals surface area contributed by atoms with Gasteiger partial charge >= 0.3 is 0 Å². The summed E-state index contributed by atoms with van der Waals surface area (Å²) in [7, 11) is 0. The lowest BCUT2D eigenvalue weighted by Crippen LogP contribution is -2.50. The van der Waals surface area contributed by atoms with Crippen molar-refractivity contribution in [3.63, 3.8) is 0 Å². The minimum Gasteiger partial charge on any atom is -0.370 e. The van der Waals surface area contributed by atoms with E-state index < -0.39 is 0 Å². The summed E-state index contributed by atoms with van der Waals surface area (Å²) in [6.07, 6.45) is 0.948. The summed E-state index contributed by atoms with van der Waals surface area (Å²) in [5, 5.41) is 6.04. The fourth-order valence-corrected chi connectivity index (χ4v) is 2.17. The van der Waals surface area contributed by atoms with E-state index in [1.807, 2.05) is 6.92 Å². The molecule has 1 saturated heterocycles. The van der Waals surface area contributed by atoms with Crippen LogP contribution in [0.25, 0.3) is 0 Å². The summed E-state index contributed by atoms with van der Waals surface area (Å²) in [5.41, 5.74) is 0.443. The highest BCUT2D eigenvalue weighted by molar-refractivity contribution is 6.29. The molecule has 0 unspecified atom stereocenters. The third-order valence-corrected chi connectivity index (χ3v) is 3.12. The second-order valence-corrected chi connectivity index (χ2v) is 4.95. The molecule has 2 rings (SSSR count). The average molecular weight is 297 g/mol. The summed E-state index contributed by atoms with van der Waals surface area (Å²) >= 11 is 5.94. The molecule has 20 heavy (non-hydrogen) atoms. The molecule has 0 aromatic carbocycles. The number of anilines is 1. The molecule has 0 saturated carbocycles. The van der Waals surface area contributed by atoms with E-state index in [0.717, 1.165) is 13.0 Å². The van der Waals surface area contributed by atoms with Crippen LogP contribution in [0.2, 0.25) is 5.15 Å². The van der Waals surface area contributed by atoms with Gasteiger partial charge in [0.15, 0.2) is 0 Å². The Morgan fingerprint density at radius 2 is 2.35 bits per heavy atom. The second kappa shape index (κ2) is 6.56. The molecular formula is C13H17ClN4O2. The molecule has 0 atom stereocenters. The molecule has 0 radical (unpaired) electrons. The van der Waals surface area contributed by atoms with Crippen molar-refractivity contribution in [3.8, 4) is 0 Å². The van der Waals surface area contributed by atoms with E-state index in [4.69, 9.17) is 11.6 Å². The zero-order valence-corrected chi connectivity index (χ0v) is 12.0. The van der Waals surface area contributed by atoms with Crippen LogP contribution in [-0.2, 0) is 4.79 Å². The van der Waals surface area contributed by atoms with E-state index in [1.54, 1.807) is 6.07 Å². The van der Waals surface area contributed by atoms with Gasteiger partial charge < -0.3 is 15.5 Å². The lowest BCUT2D eigenvalue weighted by Gasteiger charge is -2.26. The normalized spacial score (nSPS) is 14.9. The Kier molecular flexibility index (Phi) is 4.79. The van der Waals surface area contributed by atoms with E-state index in [-0.39, 0.29) is 23.5 Å². The Hall–Kier alpha value is -1.82. The van der Waals surface area contributed by atoms with Crippen molar-refractivity contribution in [1.29, 1.82) is 0 Å². The van der Waals surface area contributed by atoms with Gasteiger partial charge in [0.1, 0.15) is 11.0 Å². The molecule has 2 heterocycles. The van der Waals surface area contributed by atoms with Crippen LogP contribution < -0.4 is 10.6 Å². The number of piperazine rings is 1. The Morgan fingerprint density at radius 3 is 3.05 bits per heavy atom. The van der Waals surface area contributed by atoms with Gasteiger partial charge in [0, 0.05) is 25.2 Å². The number of nitrogens with zero attached hydrogens (tertiary/aromatic N) is 2. The molecule has 0 aliphatic carbocycles. The lowest BCUT2D eigenvalue weighted by atomic mass is 10.2. The van der Waals surface area contributed by atoms with E-state index in [2.05, 4.69) is 15.6 Å². The van der Waals surface area contributed by atoms with Crippen molar-refractivity contribution < 1.29 is 9.59 Å². The predicted molar refractivity (Wildman–Crippen MR) is 76.9 cm³/mol. The first kappa shape index (κ1) is 14.6. The van der Waals surface area contributed by atoms with Crippen molar-refractivity contribution >= 4 is 29.2 Å². The number of pyridine rings is 1. The Bertz CT molecular complexity index is 521. The highest BCUT2D eigenvalue weighted by atomic mass is 35.5. The van der Waals surface area contributed by atoms with Gasteiger partial charge in [-0.3, -0.25) is 9.59 Å². The quantitative estimate of drug-likeness (QED) is 0.817. The van der Waals surface area contributed by atoms with Crippen LogP contribution in [0.4, 0.5) is 5.82 Å². The zero-order valence-electron chi connectivity index (χ0n) is 11.3. The fraction of sp³-hybridized carbons (Fsp3) is 0.462. The number of halogens is 1. The van der Waals surface area contributed by atoms with Crippen LogP contribution in [0.3, 0.4) is 0 Å². The highest BCUT2D eigenvalue weighted by Crippen LogP contribution is 2.16. The maximum absolute atomic E-state index is 12.4. The van der Waals surface area contributed by atoms with Crippen LogP contribution in [0.1, 0.15) is 23.7 Å². The van der Waals surface area contributed by atoms with Crippen molar-refractivity contribution in [2.45, 2.75) is 13.3 Å². The molecule has 0 bridgehead atoms. The third kappa shape index (κ3) is 3.60. The molecular weight excluding hydrogens is 280 g/mol. The number of hydrogen-bond acceptors (Lipinski definition) is 4. The number of amides is 2. The molecule has 1 aliphatic rings. The van der Waals surface area contributed by atoms with Gasteiger partial charge in [-0.1, -0.05) is 18.5 Å². The topological polar surface area (TPSA) is 74.3 Å². The molecule has 1 aromatic heterocycles. The number of hydrogen-bond donors (Lipinski definition) is 2. The van der Waals surface area contributed by atoms with Gasteiger partial charge in [0.05, 0.1) is 6.54 Å². The van der Waals surface area contributed by atoms with Crippen molar-refractivity contribution in [3.05, 3.63) is 22.8 Å². The smallest absolute Gasteiger partial charge is 0.254 e. The molecule has 2 amide bonds. The minimum absolute atomic E-state index is 0.0799. The summed E-state index contributed by atoms with van der Waals surface area (Å²) in [5.74, 6) is 0.224. The molecule has 1 aromatic rings.